The predicted octanol–water partition coefficient (Wildman–Crippen LogP) is 3.57. The second kappa shape index (κ2) is 11.2. The van der Waals surface area contributed by atoms with Gasteiger partial charge in [-0.25, -0.2) is 0 Å². The summed E-state index contributed by atoms with van der Waals surface area (Å²) in [6.45, 7) is 6.22. The molecule has 0 radical (unpaired) electrons. The monoisotopic (exact) mass is 451 g/mol. The molecule has 1 aliphatic heterocycles. The third-order valence-electron chi connectivity index (χ3n) is 5.27. The number of aliphatic imine (C=N–C) groups is 1. The summed E-state index contributed by atoms with van der Waals surface area (Å²) in [5, 5.41) is 3.45. The molecule has 140 valence electrons. The van der Waals surface area contributed by atoms with Crippen molar-refractivity contribution in [3.63, 3.8) is 0 Å². The van der Waals surface area contributed by atoms with Crippen LogP contribution in [0.15, 0.2) is 4.99 Å². The van der Waals surface area contributed by atoms with Crippen molar-refractivity contribution in [1.82, 2.24) is 10.2 Å². The van der Waals surface area contributed by atoms with Crippen LogP contribution in [0.25, 0.3) is 0 Å². The SMILES string of the molecule is CCNC(=NCCCCCC(=O)OC)N1CCC2(CCCC2)C1.I. The van der Waals surface area contributed by atoms with E-state index in [4.69, 9.17) is 4.99 Å². The summed E-state index contributed by atoms with van der Waals surface area (Å²) in [4.78, 5) is 18.3. The van der Waals surface area contributed by atoms with Gasteiger partial charge in [-0.2, -0.15) is 0 Å². The van der Waals surface area contributed by atoms with Crippen molar-refractivity contribution in [2.45, 2.75) is 64.7 Å². The molecule has 24 heavy (non-hydrogen) atoms. The molecule has 1 heterocycles. The van der Waals surface area contributed by atoms with Gasteiger partial charge in [0.15, 0.2) is 5.96 Å². The third-order valence-corrected chi connectivity index (χ3v) is 5.27. The van der Waals surface area contributed by atoms with E-state index >= 15 is 0 Å². The number of guanidine groups is 1. The average molecular weight is 451 g/mol. The van der Waals surface area contributed by atoms with Gasteiger partial charge in [-0.1, -0.05) is 19.3 Å². The maximum Gasteiger partial charge on any atom is 0.305 e. The largest absolute Gasteiger partial charge is 0.469 e. The Bertz CT molecular complexity index is 409. The zero-order chi connectivity index (χ0) is 16.5. The lowest BCUT2D eigenvalue weighted by Crippen LogP contribution is -2.41. The fraction of sp³-hybridized carbons (Fsp3) is 0.889. The van der Waals surface area contributed by atoms with Gasteiger partial charge in [0.1, 0.15) is 0 Å². The van der Waals surface area contributed by atoms with E-state index in [1.807, 2.05) is 0 Å². The van der Waals surface area contributed by atoms with Crippen molar-refractivity contribution in [3.8, 4) is 0 Å². The number of carbonyl (C=O) groups is 1. The lowest BCUT2D eigenvalue weighted by molar-refractivity contribution is -0.140. The summed E-state index contributed by atoms with van der Waals surface area (Å²) < 4.78 is 4.66. The summed E-state index contributed by atoms with van der Waals surface area (Å²) >= 11 is 0. The maximum atomic E-state index is 11.1. The van der Waals surface area contributed by atoms with Crippen LogP contribution in [-0.4, -0.2) is 50.1 Å². The molecule has 2 rings (SSSR count). The highest BCUT2D eigenvalue weighted by Gasteiger charge is 2.40. The number of methoxy groups -OCH3 is 1. The molecule has 2 aliphatic rings. The number of carbonyl (C=O) groups excluding carboxylic acids is 1. The van der Waals surface area contributed by atoms with Gasteiger partial charge in [-0.3, -0.25) is 9.79 Å². The van der Waals surface area contributed by atoms with Gasteiger partial charge in [0, 0.05) is 32.6 Å². The Morgan fingerprint density at radius 3 is 2.62 bits per heavy atom. The van der Waals surface area contributed by atoms with E-state index in [1.54, 1.807) is 0 Å². The van der Waals surface area contributed by atoms with Crippen molar-refractivity contribution in [1.29, 1.82) is 0 Å². The van der Waals surface area contributed by atoms with Gasteiger partial charge in [0.2, 0.25) is 0 Å². The molecule has 5 nitrogen and oxygen atoms in total. The van der Waals surface area contributed by atoms with Crippen LogP contribution in [0.4, 0.5) is 0 Å². The van der Waals surface area contributed by atoms with Gasteiger partial charge in [0.25, 0.3) is 0 Å². The first-order valence-corrected chi connectivity index (χ1v) is 9.29. The molecule has 1 saturated heterocycles. The van der Waals surface area contributed by atoms with Gasteiger partial charge in [-0.15, -0.1) is 24.0 Å². The highest BCUT2D eigenvalue weighted by Crippen LogP contribution is 2.45. The van der Waals surface area contributed by atoms with Crippen LogP contribution in [-0.2, 0) is 9.53 Å². The van der Waals surface area contributed by atoms with Gasteiger partial charge < -0.3 is 15.0 Å². The van der Waals surface area contributed by atoms with Crippen LogP contribution in [0, 0.1) is 5.41 Å². The minimum Gasteiger partial charge on any atom is -0.469 e. The molecule has 6 heteroatoms. The van der Waals surface area contributed by atoms with Gasteiger partial charge in [0.05, 0.1) is 7.11 Å². The average Bonchev–Trinajstić information content (AvgIpc) is 3.19. The van der Waals surface area contributed by atoms with Gasteiger partial charge >= 0.3 is 5.97 Å². The fourth-order valence-electron chi connectivity index (χ4n) is 3.92. The number of unbranched alkanes of at least 4 members (excludes halogenated alkanes) is 2. The Morgan fingerprint density at radius 2 is 1.96 bits per heavy atom. The Balaban J connectivity index is 0.00000288. The summed E-state index contributed by atoms with van der Waals surface area (Å²) in [6, 6.07) is 0. The van der Waals surface area contributed by atoms with E-state index < -0.39 is 0 Å². The predicted molar refractivity (Wildman–Crippen MR) is 109 cm³/mol. The van der Waals surface area contributed by atoms with Crippen LogP contribution in [0.3, 0.4) is 0 Å². The number of hydrogen-bond donors (Lipinski definition) is 1. The van der Waals surface area contributed by atoms with E-state index in [2.05, 4.69) is 21.9 Å². The summed E-state index contributed by atoms with van der Waals surface area (Å²) in [5.41, 5.74) is 0.580. The number of rotatable bonds is 7. The minimum atomic E-state index is -0.110. The van der Waals surface area contributed by atoms with E-state index in [0.29, 0.717) is 11.8 Å². The van der Waals surface area contributed by atoms with Crippen LogP contribution >= 0.6 is 24.0 Å². The molecule has 0 aromatic rings. The number of nitrogens with one attached hydrogen (secondary N) is 1. The molecule has 0 aromatic heterocycles. The van der Waals surface area contributed by atoms with Crippen molar-refractivity contribution < 1.29 is 9.53 Å². The molecule has 0 amide bonds. The van der Waals surface area contributed by atoms with Gasteiger partial charge in [-0.05, 0) is 44.4 Å². The first-order chi connectivity index (χ1) is 11.2. The summed E-state index contributed by atoms with van der Waals surface area (Å²) in [7, 11) is 1.45. The minimum absolute atomic E-state index is 0. The Hall–Kier alpha value is -0.530. The van der Waals surface area contributed by atoms with E-state index in [0.717, 1.165) is 44.9 Å². The zero-order valence-corrected chi connectivity index (χ0v) is 17.6. The molecule has 1 aliphatic carbocycles. The second-order valence-corrected chi connectivity index (χ2v) is 7.00. The topological polar surface area (TPSA) is 53.9 Å². The quantitative estimate of drug-likeness (QED) is 0.212. The van der Waals surface area contributed by atoms with Crippen molar-refractivity contribution in [3.05, 3.63) is 0 Å². The molecule has 1 spiro atoms. The summed E-state index contributed by atoms with van der Waals surface area (Å²) in [6.07, 6.45) is 10.4. The molecule has 0 aromatic carbocycles. The Morgan fingerprint density at radius 1 is 1.21 bits per heavy atom. The second-order valence-electron chi connectivity index (χ2n) is 7.00. The molecule has 0 unspecified atom stereocenters. The molecule has 0 bridgehead atoms. The smallest absolute Gasteiger partial charge is 0.305 e. The van der Waals surface area contributed by atoms with E-state index in [1.165, 1.54) is 45.8 Å². The highest BCUT2D eigenvalue weighted by atomic mass is 127. The number of esters is 1. The zero-order valence-electron chi connectivity index (χ0n) is 15.3. The van der Waals surface area contributed by atoms with Crippen LogP contribution in [0.2, 0.25) is 0 Å². The summed E-state index contributed by atoms with van der Waals surface area (Å²) in [5.74, 6) is 0.977. The molecule has 2 fully saturated rings. The van der Waals surface area contributed by atoms with Crippen LogP contribution in [0.5, 0.6) is 0 Å². The number of nitrogens with zero attached hydrogens (tertiary/aromatic N) is 2. The lowest BCUT2D eigenvalue weighted by Gasteiger charge is -2.26. The standard InChI is InChI=1S/C18H33N3O2.HI/c1-3-19-17(20-13-8-4-5-9-16(22)23-2)21-14-12-18(15-21)10-6-7-11-18;/h3-15H2,1-2H3,(H,19,20);1H. The molecular weight excluding hydrogens is 417 g/mol. The third kappa shape index (κ3) is 6.41. The van der Waals surface area contributed by atoms with Crippen molar-refractivity contribution in [2.75, 3.05) is 33.3 Å². The van der Waals surface area contributed by atoms with E-state index in [-0.39, 0.29) is 29.9 Å². The normalized spacial score (nSPS) is 19.4. The lowest BCUT2D eigenvalue weighted by atomic mass is 9.86. The van der Waals surface area contributed by atoms with Crippen LogP contribution < -0.4 is 5.32 Å². The van der Waals surface area contributed by atoms with Crippen LogP contribution in [0.1, 0.15) is 64.7 Å². The molecule has 0 atom stereocenters. The number of likely N-dealkylation sites (tertiary alicyclic amines) is 1. The Labute approximate surface area is 164 Å². The van der Waals surface area contributed by atoms with Crippen molar-refractivity contribution in [2.24, 2.45) is 10.4 Å². The Kier molecular flexibility index (Phi) is 10.0. The molecule has 1 saturated carbocycles. The maximum absolute atomic E-state index is 11.1. The first-order valence-electron chi connectivity index (χ1n) is 9.29. The first kappa shape index (κ1) is 21.5. The number of ether oxygens (including phenoxy) is 1. The highest BCUT2D eigenvalue weighted by molar-refractivity contribution is 14.0. The molecular formula is C18H34IN3O2. The fourth-order valence-corrected chi connectivity index (χ4v) is 3.92. The van der Waals surface area contributed by atoms with E-state index in [9.17, 15) is 4.79 Å². The number of hydrogen-bond acceptors (Lipinski definition) is 3. The van der Waals surface area contributed by atoms with Crippen molar-refractivity contribution >= 4 is 35.9 Å². The molecule has 1 N–H and O–H groups in total. The number of halogens is 1.